The highest BCUT2D eigenvalue weighted by Crippen LogP contribution is 2.40. The van der Waals surface area contributed by atoms with Crippen molar-refractivity contribution in [3.05, 3.63) is 67.1 Å². The molecule has 0 radical (unpaired) electrons. The van der Waals surface area contributed by atoms with Gasteiger partial charge in [0.2, 0.25) is 0 Å². The smallest absolute Gasteiger partial charge is 0.146 e. The summed E-state index contributed by atoms with van der Waals surface area (Å²) < 4.78 is 8.38. The third kappa shape index (κ3) is 4.44. The van der Waals surface area contributed by atoms with E-state index in [0.29, 0.717) is 17.9 Å². The number of benzene rings is 2. The van der Waals surface area contributed by atoms with E-state index in [2.05, 4.69) is 37.7 Å². The SMILES string of the molecule is Nc1ncnc2c1c(-c1ccc(Oc3ccccc3)cc1)cn2[C@H]1CC[C@H](N2CCN3CCCC3C2)CC1. The highest BCUT2D eigenvalue weighted by Gasteiger charge is 2.35. The fourth-order valence-corrected chi connectivity index (χ4v) is 6.98. The second-order valence-electron chi connectivity index (χ2n) is 11.1. The minimum Gasteiger partial charge on any atom is -0.457 e. The van der Waals surface area contributed by atoms with Gasteiger partial charge in [-0.05, 0) is 74.9 Å². The summed E-state index contributed by atoms with van der Waals surface area (Å²) in [7, 11) is 0. The average Bonchev–Trinajstić information content (AvgIpc) is 3.60. The molecule has 1 saturated carbocycles. The van der Waals surface area contributed by atoms with Crippen molar-refractivity contribution < 1.29 is 4.74 Å². The molecule has 2 aliphatic heterocycles. The molecule has 1 unspecified atom stereocenters. The van der Waals surface area contributed by atoms with E-state index in [0.717, 1.165) is 39.7 Å². The topological polar surface area (TPSA) is 72.4 Å². The maximum absolute atomic E-state index is 6.43. The van der Waals surface area contributed by atoms with Gasteiger partial charge in [0.1, 0.15) is 29.3 Å². The number of para-hydroxylation sites is 1. The highest BCUT2D eigenvalue weighted by atomic mass is 16.5. The van der Waals surface area contributed by atoms with Gasteiger partial charge in [-0.2, -0.15) is 0 Å². The van der Waals surface area contributed by atoms with E-state index in [1.807, 2.05) is 42.5 Å². The van der Waals surface area contributed by atoms with Crippen LogP contribution >= 0.6 is 0 Å². The molecule has 4 aromatic rings. The fraction of sp³-hybridized carbons (Fsp3) is 0.419. The normalized spacial score (nSPS) is 24.5. The molecular weight excluding hydrogens is 472 g/mol. The Labute approximate surface area is 224 Å². The molecule has 3 fully saturated rings. The molecule has 3 aliphatic rings. The molecule has 2 aromatic heterocycles. The molecule has 0 spiro atoms. The van der Waals surface area contributed by atoms with Crippen LogP contribution in [0, 0.1) is 0 Å². The van der Waals surface area contributed by atoms with Crippen molar-refractivity contribution in [2.24, 2.45) is 0 Å². The number of rotatable bonds is 5. The Morgan fingerprint density at radius 2 is 1.47 bits per heavy atom. The number of piperazine rings is 1. The summed E-state index contributed by atoms with van der Waals surface area (Å²) in [6.07, 6.45) is 11.5. The predicted molar refractivity (Wildman–Crippen MR) is 151 cm³/mol. The lowest BCUT2D eigenvalue weighted by molar-refractivity contribution is 0.0516. The van der Waals surface area contributed by atoms with E-state index in [-0.39, 0.29) is 0 Å². The van der Waals surface area contributed by atoms with Gasteiger partial charge in [0.05, 0.1) is 5.39 Å². The van der Waals surface area contributed by atoms with Gasteiger partial charge in [-0.1, -0.05) is 30.3 Å². The van der Waals surface area contributed by atoms with Crippen molar-refractivity contribution in [3.8, 4) is 22.6 Å². The summed E-state index contributed by atoms with van der Waals surface area (Å²) in [5, 5.41) is 0.948. The third-order valence-electron chi connectivity index (χ3n) is 8.98. The first-order chi connectivity index (χ1) is 18.7. The Balaban J connectivity index is 1.11. The molecule has 7 nitrogen and oxygen atoms in total. The number of anilines is 1. The van der Waals surface area contributed by atoms with Crippen LogP contribution in [0.2, 0.25) is 0 Å². The Morgan fingerprint density at radius 1 is 0.737 bits per heavy atom. The van der Waals surface area contributed by atoms with Crippen molar-refractivity contribution in [1.82, 2.24) is 24.3 Å². The number of hydrogen-bond donors (Lipinski definition) is 1. The monoisotopic (exact) mass is 508 g/mol. The zero-order valence-electron chi connectivity index (χ0n) is 21.9. The molecule has 38 heavy (non-hydrogen) atoms. The van der Waals surface area contributed by atoms with Crippen molar-refractivity contribution in [1.29, 1.82) is 0 Å². The first kappa shape index (κ1) is 23.7. The van der Waals surface area contributed by atoms with Gasteiger partial charge in [-0.25, -0.2) is 9.97 Å². The molecule has 1 aliphatic carbocycles. The average molecular weight is 509 g/mol. The molecule has 4 heterocycles. The van der Waals surface area contributed by atoms with Gasteiger partial charge in [0.25, 0.3) is 0 Å². The minimum atomic E-state index is 0.435. The van der Waals surface area contributed by atoms with E-state index >= 15 is 0 Å². The Hall–Kier alpha value is -3.42. The molecule has 7 heteroatoms. The molecule has 2 saturated heterocycles. The van der Waals surface area contributed by atoms with Crippen LogP contribution < -0.4 is 10.5 Å². The first-order valence-electron chi connectivity index (χ1n) is 14.2. The van der Waals surface area contributed by atoms with Gasteiger partial charge in [0, 0.05) is 49.5 Å². The molecule has 0 bridgehead atoms. The van der Waals surface area contributed by atoms with E-state index in [1.165, 1.54) is 64.7 Å². The zero-order valence-corrected chi connectivity index (χ0v) is 21.9. The Morgan fingerprint density at radius 3 is 2.29 bits per heavy atom. The van der Waals surface area contributed by atoms with Crippen molar-refractivity contribution in [2.75, 3.05) is 31.9 Å². The van der Waals surface area contributed by atoms with Gasteiger partial charge in [0.15, 0.2) is 0 Å². The van der Waals surface area contributed by atoms with Crippen LogP contribution in [0.4, 0.5) is 5.82 Å². The molecule has 196 valence electrons. The molecule has 7 rings (SSSR count). The number of nitrogen functional groups attached to an aromatic ring is 1. The number of aromatic nitrogens is 3. The quantitative estimate of drug-likeness (QED) is 0.371. The number of nitrogens with two attached hydrogens (primary N) is 1. The first-order valence-corrected chi connectivity index (χ1v) is 14.2. The molecule has 2 N–H and O–H groups in total. The van der Waals surface area contributed by atoms with E-state index < -0.39 is 0 Å². The molecule has 1 atom stereocenters. The summed E-state index contributed by atoms with van der Waals surface area (Å²) in [4.78, 5) is 14.6. The summed E-state index contributed by atoms with van der Waals surface area (Å²) in [5.74, 6) is 2.18. The zero-order chi connectivity index (χ0) is 25.5. The lowest BCUT2D eigenvalue weighted by Crippen LogP contribution is -2.54. The maximum Gasteiger partial charge on any atom is 0.146 e. The predicted octanol–water partition coefficient (Wildman–Crippen LogP) is 5.74. The maximum atomic E-state index is 6.43. The summed E-state index contributed by atoms with van der Waals surface area (Å²) >= 11 is 0. The van der Waals surface area contributed by atoms with Crippen LogP contribution in [0.15, 0.2) is 67.1 Å². The van der Waals surface area contributed by atoms with Gasteiger partial charge >= 0.3 is 0 Å². The Kier molecular flexibility index (Phi) is 6.26. The van der Waals surface area contributed by atoms with Gasteiger partial charge in [-0.15, -0.1) is 0 Å². The number of hydrogen-bond acceptors (Lipinski definition) is 6. The van der Waals surface area contributed by atoms with Crippen LogP contribution in [0.3, 0.4) is 0 Å². The lowest BCUT2D eigenvalue weighted by atomic mass is 9.89. The van der Waals surface area contributed by atoms with Crippen LogP contribution in [0.1, 0.15) is 44.6 Å². The Bertz CT molecular complexity index is 1390. The number of ether oxygens (including phenoxy) is 1. The van der Waals surface area contributed by atoms with Gasteiger partial charge < -0.3 is 15.0 Å². The standard InChI is InChI=1S/C31H36N6O/c32-30-29-28(22-8-14-27(15-9-22)38-26-6-2-1-3-7-26)20-37(31(29)34-21-33-30)24-12-10-23(11-13-24)36-18-17-35-16-4-5-25(35)19-36/h1-3,6-9,14-15,20-21,23-25H,4-5,10-13,16-19H2,(H2,32,33,34)/t23-,24-,25?. The van der Waals surface area contributed by atoms with Crippen LogP contribution in [-0.2, 0) is 0 Å². The lowest BCUT2D eigenvalue weighted by Gasteiger charge is -2.44. The van der Waals surface area contributed by atoms with Crippen molar-refractivity contribution in [2.45, 2.75) is 56.7 Å². The number of nitrogens with zero attached hydrogens (tertiary/aromatic N) is 5. The third-order valence-corrected chi connectivity index (χ3v) is 8.98. The van der Waals surface area contributed by atoms with Gasteiger partial charge in [-0.3, -0.25) is 9.80 Å². The van der Waals surface area contributed by atoms with Crippen LogP contribution in [-0.4, -0.2) is 62.6 Å². The highest BCUT2D eigenvalue weighted by molar-refractivity contribution is 6.00. The van der Waals surface area contributed by atoms with Crippen LogP contribution in [0.25, 0.3) is 22.2 Å². The van der Waals surface area contributed by atoms with E-state index in [1.54, 1.807) is 6.33 Å². The van der Waals surface area contributed by atoms with E-state index in [4.69, 9.17) is 15.5 Å². The minimum absolute atomic E-state index is 0.435. The molecule has 0 amide bonds. The number of fused-ring (bicyclic) bond motifs is 2. The van der Waals surface area contributed by atoms with E-state index in [9.17, 15) is 0 Å². The fourth-order valence-electron chi connectivity index (χ4n) is 6.98. The second kappa shape index (κ2) is 10.0. The molecular formula is C31H36N6O. The second-order valence-corrected chi connectivity index (χ2v) is 11.1. The van der Waals surface area contributed by atoms with Crippen molar-refractivity contribution in [3.63, 3.8) is 0 Å². The van der Waals surface area contributed by atoms with Crippen LogP contribution in [0.5, 0.6) is 11.5 Å². The largest absolute Gasteiger partial charge is 0.457 e. The summed E-state index contributed by atoms with van der Waals surface area (Å²) in [6, 6.07) is 20.0. The van der Waals surface area contributed by atoms with Crippen molar-refractivity contribution >= 4 is 16.9 Å². The summed E-state index contributed by atoms with van der Waals surface area (Å²) in [6.45, 7) is 5.06. The summed E-state index contributed by atoms with van der Waals surface area (Å²) in [5.41, 5.74) is 9.56. The molecule has 2 aromatic carbocycles.